The zero-order valence-corrected chi connectivity index (χ0v) is 10.9. The van der Waals surface area contributed by atoms with Crippen molar-refractivity contribution in [1.82, 2.24) is 0 Å². The number of rotatable bonds is 2. The van der Waals surface area contributed by atoms with E-state index in [9.17, 15) is 9.90 Å². The second-order valence-electron chi connectivity index (χ2n) is 4.33. The van der Waals surface area contributed by atoms with E-state index in [0.29, 0.717) is 16.9 Å². The molecule has 17 heavy (non-hydrogen) atoms. The van der Waals surface area contributed by atoms with Gasteiger partial charge in [-0.05, 0) is 19.1 Å². The average molecular weight is 251 g/mol. The number of carbonyl (C=O) groups is 1. The van der Waals surface area contributed by atoms with Gasteiger partial charge in [0.15, 0.2) is 0 Å². The van der Waals surface area contributed by atoms with Gasteiger partial charge in [-0.1, -0.05) is 19.1 Å². The minimum Gasteiger partial charge on any atom is -0.478 e. The van der Waals surface area contributed by atoms with Crippen LogP contribution in [-0.2, 0) is 0 Å². The molecule has 0 amide bonds. The molecular weight excluding hydrogens is 234 g/mol. The zero-order valence-electron chi connectivity index (χ0n) is 10.1. The maximum Gasteiger partial charge on any atom is 0.337 e. The SMILES string of the molecule is CC1SCCN(c2ccccc2C(=O)O)C1C. The highest BCUT2D eigenvalue weighted by Crippen LogP contribution is 2.31. The van der Waals surface area contributed by atoms with Crippen molar-refractivity contribution in [2.24, 2.45) is 0 Å². The molecule has 0 saturated carbocycles. The van der Waals surface area contributed by atoms with Crippen LogP contribution < -0.4 is 4.90 Å². The van der Waals surface area contributed by atoms with E-state index in [4.69, 9.17) is 0 Å². The molecule has 92 valence electrons. The number of hydrogen-bond donors (Lipinski definition) is 1. The summed E-state index contributed by atoms with van der Waals surface area (Å²) in [5.74, 6) is 0.207. The third-order valence-electron chi connectivity index (χ3n) is 3.33. The summed E-state index contributed by atoms with van der Waals surface area (Å²) >= 11 is 1.95. The van der Waals surface area contributed by atoms with Crippen LogP contribution in [0.3, 0.4) is 0 Å². The molecule has 0 aromatic heterocycles. The average Bonchev–Trinajstić information content (AvgIpc) is 2.33. The highest BCUT2D eigenvalue weighted by molar-refractivity contribution is 8.00. The second-order valence-corrected chi connectivity index (χ2v) is 5.82. The number of para-hydroxylation sites is 1. The Hall–Kier alpha value is -1.16. The second kappa shape index (κ2) is 5.00. The van der Waals surface area contributed by atoms with Gasteiger partial charge < -0.3 is 10.0 Å². The molecule has 0 radical (unpaired) electrons. The monoisotopic (exact) mass is 251 g/mol. The predicted molar refractivity (Wildman–Crippen MR) is 72.1 cm³/mol. The summed E-state index contributed by atoms with van der Waals surface area (Å²) in [5.41, 5.74) is 1.25. The van der Waals surface area contributed by atoms with Crippen molar-refractivity contribution in [3.63, 3.8) is 0 Å². The molecule has 0 bridgehead atoms. The number of carboxylic acids is 1. The highest BCUT2D eigenvalue weighted by Gasteiger charge is 2.27. The van der Waals surface area contributed by atoms with Crippen LogP contribution in [0.15, 0.2) is 24.3 Å². The molecule has 0 spiro atoms. The zero-order chi connectivity index (χ0) is 12.4. The van der Waals surface area contributed by atoms with Gasteiger partial charge in [-0.2, -0.15) is 11.8 Å². The van der Waals surface area contributed by atoms with Crippen molar-refractivity contribution in [2.45, 2.75) is 25.1 Å². The van der Waals surface area contributed by atoms with Gasteiger partial charge in [0.05, 0.1) is 11.3 Å². The van der Waals surface area contributed by atoms with Gasteiger partial charge in [-0.15, -0.1) is 0 Å². The van der Waals surface area contributed by atoms with E-state index in [1.165, 1.54) is 0 Å². The fraction of sp³-hybridized carbons (Fsp3) is 0.462. The van der Waals surface area contributed by atoms with Crippen LogP contribution in [0.5, 0.6) is 0 Å². The van der Waals surface area contributed by atoms with Gasteiger partial charge in [0, 0.05) is 23.6 Å². The minimum absolute atomic E-state index is 0.370. The Bertz CT molecular complexity index is 422. The summed E-state index contributed by atoms with van der Waals surface area (Å²) < 4.78 is 0. The number of benzene rings is 1. The molecule has 2 atom stereocenters. The van der Waals surface area contributed by atoms with E-state index < -0.39 is 5.97 Å². The lowest BCUT2D eigenvalue weighted by Crippen LogP contribution is -2.45. The van der Waals surface area contributed by atoms with E-state index in [1.54, 1.807) is 12.1 Å². The van der Waals surface area contributed by atoms with Gasteiger partial charge in [-0.3, -0.25) is 0 Å². The molecule has 0 aliphatic carbocycles. The van der Waals surface area contributed by atoms with Crippen molar-refractivity contribution in [3.8, 4) is 0 Å². The third-order valence-corrected chi connectivity index (χ3v) is 4.67. The Morgan fingerprint density at radius 3 is 2.82 bits per heavy atom. The molecule has 1 aromatic carbocycles. The molecule has 1 aromatic rings. The van der Waals surface area contributed by atoms with Crippen LogP contribution in [-0.4, -0.2) is 34.7 Å². The number of aromatic carboxylic acids is 1. The van der Waals surface area contributed by atoms with Gasteiger partial charge in [0.25, 0.3) is 0 Å². The molecule has 1 saturated heterocycles. The van der Waals surface area contributed by atoms with E-state index in [1.807, 2.05) is 23.9 Å². The summed E-state index contributed by atoms with van der Waals surface area (Å²) in [6, 6.07) is 7.63. The fourth-order valence-corrected chi connectivity index (χ4v) is 3.28. The normalized spacial score (nSPS) is 24.7. The molecule has 1 aliphatic heterocycles. The van der Waals surface area contributed by atoms with Crippen LogP contribution in [0.1, 0.15) is 24.2 Å². The number of anilines is 1. The van der Waals surface area contributed by atoms with Crippen molar-refractivity contribution in [3.05, 3.63) is 29.8 Å². The van der Waals surface area contributed by atoms with Crippen LogP contribution in [0, 0.1) is 0 Å². The number of hydrogen-bond acceptors (Lipinski definition) is 3. The van der Waals surface area contributed by atoms with Crippen LogP contribution in [0.2, 0.25) is 0 Å². The topological polar surface area (TPSA) is 40.5 Å². The molecule has 1 N–H and O–H groups in total. The Kier molecular flexibility index (Phi) is 3.62. The molecule has 1 aliphatic rings. The number of nitrogens with zero attached hydrogens (tertiary/aromatic N) is 1. The van der Waals surface area contributed by atoms with Gasteiger partial charge in [0.1, 0.15) is 0 Å². The number of thioether (sulfide) groups is 1. The third kappa shape index (κ3) is 2.41. The molecule has 2 unspecified atom stereocenters. The van der Waals surface area contributed by atoms with E-state index in [-0.39, 0.29) is 0 Å². The van der Waals surface area contributed by atoms with Crippen molar-refractivity contribution in [2.75, 3.05) is 17.2 Å². The minimum atomic E-state index is -0.848. The van der Waals surface area contributed by atoms with E-state index in [2.05, 4.69) is 18.7 Å². The van der Waals surface area contributed by atoms with Gasteiger partial charge >= 0.3 is 5.97 Å². The first-order valence-corrected chi connectivity index (χ1v) is 6.86. The quantitative estimate of drug-likeness (QED) is 0.877. The Labute approximate surface area is 106 Å². The Morgan fingerprint density at radius 1 is 1.41 bits per heavy atom. The molecule has 2 rings (SSSR count). The Morgan fingerprint density at radius 2 is 2.12 bits per heavy atom. The molecule has 3 nitrogen and oxygen atoms in total. The van der Waals surface area contributed by atoms with Crippen LogP contribution in [0.4, 0.5) is 5.69 Å². The van der Waals surface area contributed by atoms with Crippen molar-refractivity contribution in [1.29, 1.82) is 0 Å². The van der Waals surface area contributed by atoms with Crippen molar-refractivity contribution >= 4 is 23.4 Å². The molecular formula is C13H17NO2S. The van der Waals surface area contributed by atoms with Gasteiger partial charge in [-0.25, -0.2) is 4.79 Å². The molecule has 1 heterocycles. The highest BCUT2D eigenvalue weighted by atomic mass is 32.2. The lowest BCUT2D eigenvalue weighted by Gasteiger charge is -2.39. The lowest BCUT2D eigenvalue weighted by atomic mass is 10.1. The summed E-state index contributed by atoms with van der Waals surface area (Å²) in [5, 5.41) is 9.75. The fourth-order valence-electron chi connectivity index (χ4n) is 2.18. The standard InChI is InChI=1S/C13H17NO2S/c1-9-10(2)17-8-7-14(9)12-6-4-3-5-11(12)13(15)16/h3-6,9-10H,7-8H2,1-2H3,(H,15,16). The predicted octanol–water partition coefficient (Wildman–Crippen LogP) is 2.72. The van der Waals surface area contributed by atoms with Crippen LogP contribution >= 0.6 is 11.8 Å². The molecule has 4 heteroatoms. The summed E-state index contributed by atoms with van der Waals surface area (Å²) in [7, 11) is 0. The van der Waals surface area contributed by atoms with Crippen molar-refractivity contribution < 1.29 is 9.90 Å². The first-order valence-electron chi connectivity index (χ1n) is 5.82. The largest absolute Gasteiger partial charge is 0.478 e. The maximum absolute atomic E-state index is 11.2. The summed E-state index contributed by atoms with van der Waals surface area (Å²) in [6.45, 7) is 5.28. The van der Waals surface area contributed by atoms with Crippen LogP contribution in [0.25, 0.3) is 0 Å². The van der Waals surface area contributed by atoms with E-state index in [0.717, 1.165) is 18.0 Å². The first-order chi connectivity index (χ1) is 8.11. The summed E-state index contributed by atoms with van der Waals surface area (Å²) in [4.78, 5) is 13.4. The summed E-state index contributed by atoms with van der Waals surface area (Å²) in [6.07, 6.45) is 0. The lowest BCUT2D eigenvalue weighted by molar-refractivity contribution is 0.0697. The number of carboxylic acid groups (broad SMARTS) is 1. The molecule has 1 fully saturated rings. The van der Waals surface area contributed by atoms with Gasteiger partial charge in [0.2, 0.25) is 0 Å². The maximum atomic E-state index is 11.2. The van der Waals surface area contributed by atoms with E-state index >= 15 is 0 Å². The first kappa shape index (κ1) is 12.3. The Balaban J connectivity index is 2.36. The smallest absolute Gasteiger partial charge is 0.337 e.